The van der Waals surface area contributed by atoms with Crippen molar-refractivity contribution in [1.82, 2.24) is 4.90 Å². The lowest BCUT2D eigenvalue weighted by Crippen LogP contribution is -2.51. The molecule has 0 saturated carbocycles. The second-order valence-corrected chi connectivity index (χ2v) is 5.17. The Bertz CT molecular complexity index is 421. The van der Waals surface area contributed by atoms with Crippen molar-refractivity contribution in [2.75, 3.05) is 19.8 Å². The molecule has 20 heavy (non-hydrogen) atoms. The molecule has 1 aromatic rings. The Kier molecular flexibility index (Phi) is 5.41. The Morgan fingerprint density at radius 1 is 1.35 bits per heavy atom. The molecule has 1 aromatic carbocycles. The summed E-state index contributed by atoms with van der Waals surface area (Å²) in [6, 6.07) is 9.85. The summed E-state index contributed by atoms with van der Waals surface area (Å²) >= 11 is 0. The van der Waals surface area contributed by atoms with Crippen LogP contribution >= 0.6 is 0 Å². The molecule has 1 aliphatic heterocycles. The lowest BCUT2D eigenvalue weighted by Gasteiger charge is -2.37. The van der Waals surface area contributed by atoms with Crippen LogP contribution in [0.15, 0.2) is 30.3 Å². The van der Waals surface area contributed by atoms with Crippen LogP contribution in [0.5, 0.6) is 5.75 Å². The van der Waals surface area contributed by atoms with E-state index in [0.29, 0.717) is 26.2 Å². The van der Waals surface area contributed by atoms with Gasteiger partial charge < -0.3 is 14.4 Å². The molecule has 1 heterocycles. The minimum Gasteiger partial charge on any atom is -0.494 e. The smallest absolute Gasteiger partial charge is 0.223 e. The molecule has 0 radical (unpaired) electrons. The van der Waals surface area contributed by atoms with Crippen LogP contribution in [0.2, 0.25) is 0 Å². The zero-order valence-electron chi connectivity index (χ0n) is 12.2. The van der Waals surface area contributed by atoms with Crippen LogP contribution in [0, 0.1) is 0 Å². The number of hydrogen-bond donors (Lipinski definition) is 0. The monoisotopic (exact) mass is 277 g/mol. The van der Waals surface area contributed by atoms with Crippen LogP contribution < -0.4 is 4.74 Å². The largest absolute Gasteiger partial charge is 0.494 e. The van der Waals surface area contributed by atoms with Gasteiger partial charge in [-0.3, -0.25) is 4.79 Å². The van der Waals surface area contributed by atoms with Gasteiger partial charge in [-0.15, -0.1) is 0 Å². The molecule has 1 saturated heterocycles. The van der Waals surface area contributed by atoms with E-state index in [1.165, 1.54) is 0 Å². The standard InChI is InChI=1S/C16H23NO3/c1-13-14(2)19-12-10-17(13)16(18)9-6-11-20-15-7-4-3-5-8-15/h3-5,7-8,13-14H,6,9-12H2,1-2H3. The number of rotatable bonds is 5. The van der Waals surface area contributed by atoms with Gasteiger partial charge in [-0.05, 0) is 32.4 Å². The van der Waals surface area contributed by atoms with Crippen molar-refractivity contribution in [3.05, 3.63) is 30.3 Å². The normalized spacial score (nSPS) is 22.6. The molecule has 2 atom stereocenters. The van der Waals surface area contributed by atoms with Gasteiger partial charge in [-0.1, -0.05) is 18.2 Å². The van der Waals surface area contributed by atoms with E-state index >= 15 is 0 Å². The van der Waals surface area contributed by atoms with Crippen LogP contribution in [0.1, 0.15) is 26.7 Å². The number of ether oxygens (including phenoxy) is 2. The van der Waals surface area contributed by atoms with Gasteiger partial charge in [0.1, 0.15) is 5.75 Å². The number of morpholine rings is 1. The number of hydrogen-bond acceptors (Lipinski definition) is 3. The molecular formula is C16H23NO3. The van der Waals surface area contributed by atoms with E-state index in [9.17, 15) is 4.79 Å². The Labute approximate surface area is 120 Å². The molecule has 2 rings (SSSR count). The third-order valence-corrected chi connectivity index (χ3v) is 3.75. The fourth-order valence-electron chi connectivity index (χ4n) is 2.36. The predicted molar refractivity (Wildman–Crippen MR) is 77.8 cm³/mol. The van der Waals surface area contributed by atoms with Gasteiger partial charge in [-0.25, -0.2) is 0 Å². The van der Waals surface area contributed by atoms with Gasteiger partial charge in [0, 0.05) is 13.0 Å². The van der Waals surface area contributed by atoms with Crippen molar-refractivity contribution in [3.63, 3.8) is 0 Å². The Hall–Kier alpha value is -1.55. The highest BCUT2D eigenvalue weighted by atomic mass is 16.5. The Morgan fingerprint density at radius 3 is 2.85 bits per heavy atom. The molecule has 0 bridgehead atoms. The van der Waals surface area contributed by atoms with Crippen molar-refractivity contribution in [2.45, 2.75) is 38.8 Å². The number of benzene rings is 1. The summed E-state index contributed by atoms with van der Waals surface area (Å²) in [6.45, 7) is 5.97. The second-order valence-electron chi connectivity index (χ2n) is 5.17. The van der Waals surface area contributed by atoms with Gasteiger partial charge in [0.25, 0.3) is 0 Å². The maximum Gasteiger partial charge on any atom is 0.223 e. The summed E-state index contributed by atoms with van der Waals surface area (Å²) in [5.41, 5.74) is 0. The summed E-state index contributed by atoms with van der Waals surface area (Å²) in [7, 11) is 0. The average molecular weight is 277 g/mol. The van der Waals surface area contributed by atoms with Crippen LogP contribution in [0.25, 0.3) is 0 Å². The number of amides is 1. The highest BCUT2D eigenvalue weighted by Crippen LogP contribution is 2.15. The van der Waals surface area contributed by atoms with Crippen molar-refractivity contribution in [1.29, 1.82) is 0 Å². The maximum absolute atomic E-state index is 12.2. The van der Waals surface area contributed by atoms with E-state index in [1.807, 2.05) is 49.1 Å². The highest BCUT2D eigenvalue weighted by molar-refractivity contribution is 5.76. The van der Waals surface area contributed by atoms with Crippen molar-refractivity contribution in [2.24, 2.45) is 0 Å². The Balaban J connectivity index is 1.70. The summed E-state index contributed by atoms with van der Waals surface area (Å²) in [6.07, 6.45) is 1.39. The zero-order chi connectivity index (χ0) is 14.4. The van der Waals surface area contributed by atoms with E-state index in [2.05, 4.69) is 0 Å². The Morgan fingerprint density at radius 2 is 2.10 bits per heavy atom. The predicted octanol–water partition coefficient (Wildman–Crippen LogP) is 2.48. The molecule has 0 aromatic heterocycles. The van der Waals surface area contributed by atoms with Crippen molar-refractivity contribution < 1.29 is 14.3 Å². The summed E-state index contributed by atoms with van der Waals surface area (Å²) in [5.74, 6) is 1.05. The van der Waals surface area contributed by atoms with Gasteiger partial charge in [0.15, 0.2) is 0 Å². The third-order valence-electron chi connectivity index (χ3n) is 3.75. The van der Waals surface area contributed by atoms with Crippen LogP contribution in [-0.2, 0) is 9.53 Å². The van der Waals surface area contributed by atoms with Crippen LogP contribution in [0.3, 0.4) is 0 Å². The molecule has 4 nitrogen and oxygen atoms in total. The molecule has 4 heteroatoms. The first-order valence-corrected chi connectivity index (χ1v) is 7.27. The molecule has 110 valence electrons. The minimum atomic E-state index is 0.119. The lowest BCUT2D eigenvalue weighted by molar-refractivity contribution is -0.144. The fourth-order valence-corrected chi connectivity index (χ4v) is 2.36. The van der Waals surface area contributed by atoms with Gasteiger partial charge in [0.05, 0.1) is 25.4 Å². The molecule has 0 aliphatic carbocycles. The van der Waals surface area contributed by atoms with Crippen molar-refractivity contribution in [3.8, 4) is 5.75 Å². The molecule has 2 unspecified atom stereocenters. The number of carbonyl (C=O) groups excluding carboxylic acids is 1. The van der Waals surface area contributed by atoms with Crippen molar-refractivity contribution >= 4 is 5.91 Å². The van der Waals surface area contributed by atoms with E-state index in [1.54, 1.807) is 0 Å². The second kappa shape index (κ2) is 7.29. The SMILES string of the molecule is CC1OCCN(C(=O)CCCOc2ccccc2)C1C. The van der Waals surface area contributed by atoms with E-state index in [4.69, 9.17) is 9.47 Å². The first-order valence-electron chi connectivity index (χ1n) is 7.27. The van der Waals surface area contributed by atoms with Gasteiger partial charge in [-0.2, -0.15) is 0 Å². The number of carbonyl (C=O) groups is 1. The fraction of sp³-hybridized carbons (Fsp3) is 0.562. The molecule has 0 N–H and O–H groups in total. The summed E-state index contributed by atoms with van der Waals surface area (Å²) < 4.78 is 11.1. The molecule has 1 fully saturated rings. The maximum atomic E-state index is 12.2. The van der Waals surface area contributed by atoms with Crippen LogP contribution in [-0.4, -0.2) is 42.7 Å². The summed E-state index contributed by atoms with van der Waals surface area (Å²) in [4.78, 5) is 14.1. The zero-order valence-corrected chi connectivity index (χ0v) is 12.2. The van der Waals surface area contributed by atoms with E-state index < -0.39 is 0 Å². The topological polar surface area (TPSA) is 38.8 Å². The number of nitrogens with zero attached hydrogens (tertiary/aromatic N) is 1. The van der Waals surface area contributed by atoms with E-state index in [-0.39, 0.29) is 18.1 Å². The first kappa shape index (κ1) is 14.9. The molecule has 0 spiro atoms. The third kappa shape index (κ3) is 3.97. The van der Waals surface area contributed by atoms with Crippen LogP contribution in [0.4, 0.5) is 0 Å². The molecule has 1 aliphatic rings. The highest BCUT2D eigenvalue weighted by Gasteiger charge is 2.28. The molecular weight excluding hydrogens is 254 g/mol. The van der Waals surface area contributed by atoms with E-state index in [0.717, 1.165) is 12.2 Å². The lowest BCUT2D eigenvalue weighted by atomic mass is 10.1. The molecule has 1 amide bonds. The summed E-state index contributed by atoms with van der Waals surface area (Å²) in [5, 5.41) is 0. The minimum absolute atomic E-state index is 0.119. The average Bonchev–Trinajstić information content (AvgIpc) is 2.47. The number of para-hydroxylation sites is 1. The first-order chi connectivity index (χ1) is 9.68. The van der Waals surface area contributed by atoms with Gasteiger partial charge in [0.2, 0.25) is 5.91 Å². The van der Waals surface area contributed by atoms with Gasteiger partial charge >= 0.3 is 0 Å². The quantitative estimate of drug-likeness (QED) is 0.776.